The van der Waals surface area contributed by atoms with E-state index in [-0.39, 0.29) is 5.45 Å². The predicted octanol–water partition coefficient (Wildman–Crippen LogP) is 1.31. The van der Waals surface area contributed by atoms with Gasteiger partial charge in [-0.25, -0.2) is 0 Å². The lowest BCUT2D eigenvalue weighted by Gasteiger charge is -2.05. The molecule has 0 aliphatic heterocycles. The molecule has 3 N–H and O–H groups in total. The van der Waals surface area contributed by atoms with Crippen molar-refractivity contribution in [3.8, 4) is 0 Å². The van der Waals surface area contributed by atoms with E-state index in [1.807, 2.05) is 13.8 Å². The molecule has 4 heteroatoms. The number of hydrogen-bond donors (Lipinski definition) is 3. The maximum absolute atomic E-state index is 8.47. The van der Waals surface area contributed by atoms with E-state index in [1.54, 1.807) is 0 Å². The van der Waals surface area contributed by atoms with Crippen molar-refractivity contribution in [2.45, 2.75) is 20.3 Å². The van der Waals surface area contributed by atoms with Crippen LogP contribution in [0.5, 0.6) is 0 Å². The van der Waals surface area contributed by atoms with Gasteiger partial charge in [-0.15, -0.1) is 0 Å². The van der Waals surface area contributed by atoms with Crippen molar-refractivity contribution >= 4 is 13.8 Å². The minimum atomic E-state index is -2.11. The number of nitrogens with one attached hydrogen (secondary N) is 1. The summed E-state index contributed by atoms with van der Waals surface area (Å²) >= 11 is 0. The van der Waals surface area contributed by atoms with E-state index in [0.717, 1.165) is 0 Å². The first-order chi connectivity index (χ1) is 4.04. The lowest BCUT2D eigenvalue weighted by Crippen LogP contribution is -1.98. The van der Waals surface area contributed by atoms with E-state index in [4.69, 9.17) is 15.2 Å². The summed E-state index contributed by atoms with van der Waals surface area (Å²) in [5, 5.41) is 7.00. The van der Waals surface area contributed by atoms with Crippen LogP contribution in [0.4, 0.5) is 0 Å². The molecule has 3 nitrogen and oxygen atoms in total. The Labute approximate surface area is 56.1 Å². The molecule has 0 aromatic carbocycles. The third kappa shape index (κ3) is 4.52. The van der Waals surface area contributed by atoms with Crippen molar-refractivity contribution in [3.63, 3.8) is 0 Å². The quantitative estimate of drug-likeness (QED) is 0.418. The van der Waals surface area contributed by atoms with E-state index in [0.29, 0.717) is 12.3 Å². The van der Waals surface area contributed by atoms with Crippen molar-refractivity contribution in [3.05, 3.63) is 0 Å². The fourth-order valence-electron chi connectivity index (χ4n) is 0.468. The highest BCUT2D eigenvalue weighted by molar-refractivity contribution is 7.64. The van der Waals surface area contributed by atoms with Gasteiger partial charge in [-0.3, -0.25) is 0 Å². The van der Waals surface area contributed by atoms with Gasteiger partial charge in [0.05, 0.1) is 5.45 Å². The zero-order chi connectivity index (χ0) is 7.44. The van der Waals surface area contributed by atoms with Gasteiger partial charge >= 0.3 is 0 Å². The fourth-order valence-corrected chi connectivity index (χ4v) is 0.997. The Morgan fingerprint density at radius 3 is 2.11 bits per heavy atom. The van der Waals surface area contributed by atoms with Crippen LogP contribution in [0.3, 0.4) is 0 Å². The second-order valence-electron chi connectivity index (χ2n) is 2.33. The lowest BCUT2D eigenvalue weighted by atomic mass is 10.1. The summed E-state index contributed by atoms with van der Waals surface area (Å²) in [6.07, 6.45) is 0.485. The Balaban J connectivity index is 3.51. The van der Waals surface area contributed by atoms with Crippen LogP contribution < -0.4 is 0 Å². The molecule has 0 amide bonds. The normalized spacial score (nSPS) is 10.9. The highest BCUT2D eigenvalue weighted by Crippen LogP contribution is 2.27. The van der Waals surface area contributed by atoms with Crippen molar-refractivity contribution in [2.24, 2.45) is 5.92 Å². The maximum Gasteiger partial charge on any atom is 0.214 e. The second kappa shape index (κ2) is 3.94. The van der Waals surface area contributed by atoms with Gasteiger partial charge in [-0.1, -0.05) is 13.8 Å². The highest BCUT2D eigenvalue weighted by atomic mass is 31.2. The first kappa shape index (κ1) is 9.02. The fraction of sp³-hybridized carbons (Fsp3) is 0.800. The average Bonchev–Trinajstić information content (AvgIpc) is 1.63. The Morgan fingerprint density at radius 1 is 1.56 bits per heavy atom. The second-order valence-corrected chi connectivity index (χ2v) is 3.45. The summed E-state index contributed by atoms with van der Waals surface area (Å²) in [4.78, 5) is 16.9. The van der Waals surface area contributed by atoms with E-state index in [1.165, 1.54) is 0 Å². The topological polar surface area (TPSA) is 64.3 Å². The largest absolute Gasteiger partial charge is 0.346 e. The molecule has 9 heavy (non-hydrogen) atoms. The van der Waals surface area contributed by atoms with E-state index < -0.39 is 8.38 Å². The van der Waals surface area contributed by atoms with Gasteiger partial charge in [-0.05, 0) is 12.3 Å². The van der Waals surface area contributed by atoms with E-state index in [2.05, 4.69) is 0 Å². The lowest BCUT2D eigenvalue weighted by molar-refractivity contribution is 0.497. The van der Waals surface area contributed by atoms with E-state index >= 15 is 0 Å². The molecule has 0 saturated heterocycles. The standard InChI is InChI=1S/C5H12NO2P/c1-4(2)3-5(6)9(7)8/h4,6-8H,3H2,1-2H3. The highest BCUT2D eigenvalue weighted by Gasteiger charge is 2.08. The van der Waals surface area contributed by atoms with Crippen molar-refractivity contribution in [2.75, 3.05) is 0 Å². The van der Waals surface area contributed by atoms with Crippen LogP contribution in [0.15, 0.2) is 0 Å². The minimum Gasteiger partial charge on any atom is -0.346 e. The summed E-state index contributed by atoms with van der Waals surface area (Å²) in [6.45, 7) is 3.88. The molecule has 0 bridgehead atoms. The van der Waals surface area contributed by atoms with Crippen LogP contribution in [0.1, 0.15) is 20.3 Å². The summed E-state index contributed by atoms with van der Waals surface area (Å²) in [7, 11) is -2.11. The van der Waals surface area contributed by atoms with E-state index in [9.17, 15) is 0 Å². The summed E-state index contributed by atoms with van der Waals surface area (Å²) in [5.41, 5.74) is 0.0556. The summed E-state index contributed by atoms with van der Waals surface area (Å²) in [6, 6.07) is 0. The van der Waals surface area contributed by atoms with Gasteiger partial charge in [0.1, 0.15) is 0 Å². The zero-order valence-electron chi connectivity index (χ0n) is 5.63. The van der Waals surface area contributed by atoms with Crippen LogP contribution in [0, 0.1) is 11.3 Å². The molecule has 0 atom stereocenters. The summed E-state index contributed by atoms with van der Waals surface area (Å²) in [5.74, 6) is 0.335. The first-order valence-electron chi connectivity index (χ1n) is 2.79. The minimum absolute atomic E-state index is 0.0556. The molecule has 0 aliphatic carbocycles. The molecular weight excluding hydrogens is 137 g/mol. The molecule has 0 aliphatic rings. The van der Waals surface area contributed by atoms with Crippen LogP contribution >= 0.6 is 8.38 Å². The Morgan fingerprint density at radius 2 is 2.00 bits per heavy atom. The van der Waals surface area contributed by atoms with Gasteiger partial charge in [0.25, 0.3) is 0 Å². The predicted molar refractivity (Wildman–Crippen MR) is 38.5 cm³/mol. The molecule has 0 spiro atoms. The molecule has 0 rings (SSSR count). The van der Waals surface area contributed by atoms with Gasteiger partial charge < -0.3 is 15.2 Å². The molecule has 0 fully saturated rings. The molecule has 0 heterocycles. The summed E-state index contributed by atoms with van der Waals surface area (Å²) < 4.78 is 0. The van der Waals surface area contributed by atoms with Gasteiger partial charge in [0.2, 0.25) is 8.38 Å². The monoisotopic (exact) mass is 149 g/mol. The third-order valence-electron chi connectivity index (χ3n) is 0.843. The third-order valence-corrected chi connectivity index (χ3v) is 1.51. The molecular formula is C5H12NO2P. The average molecular weight is 149 g/mol. The van der Waals surface area contributed by atoms with Gasteiger partial charge in [-0.2, -0.15) is 0 Å². The van der Waals surface area contributed by atoms with Crippen LogP contribution in [0.2, 0.25) is 0 Å². The van der Waals surface area contributed by atoms with Crippen molar-refractivity contribution < 1.29 is 9.79 Å². The zero-order valence-corrected chi connectivity index (χ0v) is 6.52. The molecule has 0 aromatic heterocycles. The Bertz CT molecular complexity index is 103. The molecule has 0 unspecified atom stereocenters. The van der Waals surface area contributed by atoms with Crippen LogP contribution in [-0.2, 0) is 0 Å². The molecule has 0 aromatic rings. The van der Waals surface area contributed by atoms with Gasteiger partial charge in [0.15, 0.2) is 0 Å². The van der Waals surface area contributed by atoms with Crippen LogP contribution in [-0.4, -0.2) is 15.2 Å². The van der Waals surface area contributed by atoms with Crippen LogP contribution in [0.25, 0.3) is 0 Å². The molecule has 0 radical (unpaired) electrons. The first-order valence-corrected chi connectivity index (χ1v) is 4.04. The number of hydrogen-bond acceptors (Lipinski definition) is 3. The van der Waals surface area contributed by atoms with Crippen molar-refractivity contribution in [1.29, 1.82) is 5.41 Å². The molecule has 0 saturated carbocycles. The smallest absolute Gasteiger partial charge is 0.214 e. The Hall–Kier alpha value is 0.0200. The SMILES string of the molecule is CC(C)CC(=N)P(O)O. The van der Waals surface area contributed by atoms with Crippen molar-refractivity contribution in [1.82, 2.24) is 0 Å². The number of rotatable bonds is 3. The Kier molecular flexibility index (Phi) is 3.95. The molecule has 54 valence electrons. The van der Waals surface area contributed by atoms with Gasteiger partial charge in [0, 0.05) is 0 Å². The maximum atomic E-state index is 8.47.